The first-order valence-electron chi connectivity index (χ1n) is 7.96. The van der Waals surface area contributed by atoms with Gasteiger partial charge < -0.3 is 5.32 Å². The molecule has 0 aliphatic carbocycles. The minimum Gasteiger partial charge on any atom is -0.308 e. The highest BCUT2D eigenvalue weighted by atomic mass is 32.2. The van der Waals surface area contributed by atoms with Gasteiger partial charge in [0.2, 0.25) is 10.0 Å². The molecule has 1 fully saturated rings. The average molecular weight is 333 g/mol. The minimum absolute atomic E-state index is 0.291. The predicted octanol–water partition coefficient (Wildman–Crippen LogP) is 1.99. The number of piperidine rings is 1. The predicted molar refractivity (Wildman–Crippen MR) is 92.6 cm³/mol. The van der Waals surface area contributed by atoms with Crippen LogP contribution in [-0.4, -0.2) is 43.1 Å². The monoisotopic (exact) mass is 333 g/mol. The lowest BCUT2D eigenvalue weighted by Crippen LogP contribution is -2.49. The summed E-state index contributed by atoms with van der Waals surface area (Å²) < 4.78 is 24.8. The lowest BCUT2D eigenvalue weighted by Gasteiger charge is -2.36. The number of nitrogens with zero attached hydrogens (tertiary/aromatic N) is 2. The maximum atomic E-state index is 11.6. The molecule has 1 aromatic heterocycles. The van der Waals surface area contributed by atoms with Crippen LogP contribution in [0.5, 0.6) is 0 Å². The summed E-state index contributed by atoms with van der Waals surface area (Å²) in [5, 5.41) is 4.68. The van der Waals surface area contributed by atoms with Crippen LogP contribution in [0.2, 0.25) is 0 Å². The van der Waals surface area contributed by atoms with Gasteiger partial charge in [-0.3, -0.25) is 4.98 Å². The highest BCUT2D eigenvalue weighted by Crippen LogP contribution is 2.19. The van der Waals surface area contributed by atoms with Crippen LogP contribution in [0.3, 0.4) is 0 Å². The summed E-state index contributed by atoms with van der Waals surface area (Å²) in [6.07, 6.45) is 2.12. The molecule has 3 rings (SSSR count). The summed E-state index contributed by atoms with van der Waals surface area (Å²) in [6, 6.07) is 12.5. The molecule has 1 aromatic carbocycles. The molecule has 6 heteroatoms. The van der Waals surface area contributed by atoms with E-state index in [2.05, 4.69) is 29.4 Å². The van der Waals surface area contributed by atoms with Crippen LogP contribution in [0.1, 0.15) is 19.0 Å². The molecule has 0 saturated carbocycles. The van der Waals surface area contributed by atoms with Crippen LogP contribution in [0.25, 0.3) is 10.9 Å². The maximum Gasteiger partial charge on any atom is 0.211 e. The molecule has 2 aromatic rings. The van der Waals surface area contributed by atoms with E-state index in [0.717, 1.165) is 23.0 Å². The van der Waals surface area contributed by atoms with Gasteiger partial charge in [0.05, 0.1) is 17.5 Å². The molecule has 0 spiro atoms. The first-order valence-corrected chi connectivity index (χ1v) is 9.81. The van der Waals surface area contributed by atoms with Crippen molar-refractivity contribution in [2.24, 2.45) is 5.92 Å². The van der Waals surface area contributed by atoms with Gasteiger partial charge in [0.1, 0.15) is 0 Å². The molecule has 2 heterocycles. The third-order valence-electron chi connectivity index (χ3n) is 4.54. The van der Waals surface area contributed by atoms with Crippen molar-refractivity contribution in [1.82, 2.24) is 14.6 Å². The number of pyridine rings is 1. The van der Waals surface area contributed by atoms with E-state index in [1.165, 1.54) is 6.26 Å². The fourth-order valence-electron chi connectivity index (χ4n) is 3.15. The van der Waals surface area contributed by atoms with Gasteiger partial charge in [-0.2, -0.15) is 0 Å². The average Bonchev–Trinajstić information content (AvgIpc) is 2.52. The zero-order chi connectivity index (χ0) is 16.4. The van der Waals surface area contributed by atoms with E-state index in [-0.39, 0.29) is 0 Å². The van der Waals surface area contributed by atoms with Crippen LogP contribution in [-0.2, 0) is 16.6 Å². The van der Waals surface area contributed by atoms with Crippen molar-refractivity contribution in [1.29, 1.82) is 0 Å². The Labute approximate surface area is 137 Å². The van der Waals surface area contributed by atoms with Crippen molar-refractivity contribution in [3.8, 4) is 0 Å². The summed E-state index contributed by atoms with van der Waals surface area (Å²) in [7, 11) is -3.08. The SMILES string of the molecule is C[C@@H]1CN(S(C)(=O)=O)CC[C@H]1NCc1ccc2ccccc2n1. The molecule has 1 aliphatic rings. The zero-order valence-electron chi connectivity index (χ0n) is 13.6. The fraction of sp³-hybridized carbons (Fsp3) is 0.471. The topological polar surface area (TPSA) is 62.3 Å². The van der Waals surface area contributed by atoms with E-state index in [1.54, 1.807) is 4.31 Å². The van der Waals surface area contributed by atoms with Crippen LogP contribution in [0.4, 0.5) is 0 Å². The number of fused-ring (bicyclic) bond motifs is 1. The molecule has 1 N–H and O–H groups in total. The molecule has 0 unspecified atom stereocenters. The van der Waals surface area contributed by atoms with Gasteiger partial charge in [0.15, 0.2) is 0 Å². The number of benzene rings is 1. The number of hydrogen-bond donors (Lipinski definition) is 1. The number of sulfonamides is 1. The molecule has 124 valence electrons. The van der Waals surface area contributed by atoms with Gasteiger partial charge >= 0.3 is 0 Å². The highest BCUT2D eigenvalue weighted by molar-refractivity contribution is 7.88. The smallest absolute Gasteiger partial charge is 0.211 e. The van der Waals surface area contributed by atoms with Gasteiger partial charge in [-0.15, -0.1) is 0 Å². The second kappa shape index (κ2) is 6.55. The fourth-order valence-corrected chi connectivity index (χ4v) is 4.10. The third-order valence-corrected chi connectivity index (χ3v) is 5.81. The van der Waals surface area contributed by atoms with Crippen molar-refractivity contribution >= 4 is 20.9 Å². The van der Waals surface area contributed by atoms with E-state index in [1.807, 2.05) is 24.3 Å². The molecule has 0 amide bonds. The third kappa shape index (κ3) is 3.88. The number of aromatic nitrogens is 1. The molecule has 1 aliphatic heterocycles. The van der Waals surface area contributed by atoms with Crippen molar-refractivity contribution in [3.05, 3.63) is 42.1 Å². The number of hydrogen-bond acceptors (Lipinski definition) is 4. The van der Waals surface area contributed by atoms with Crippen molar-refractivity contribution in [2.75, 3.05) is 19.3 Å². The quantitative estimate of drug-likeness (QED) is 0.929. The lowest BCUT2D eigenvalue weighted by molar-refractivity contribution is 0.219. The molecule has 23 heavy (non-hydrogen) atoms. The Kier molecular flexibility index (Phi) is 4.66. The maximum absolute atomic E-state index is 11.6. The summed E-state index contributed by atoms with van der Waals surface area (Å²) in [5.41, 5.74) is 2.02. The number of nitrogens with one attached hydrogen (secondary N) is 1. The Morgan fingerprint density at radius 1 is 1.26 bits per heavy atom. The largest absolute Gasteiger partial charge is 0.308 e. The van der Waals surface area contributed by atoms with E-state index >= 15 is 0 Å². The summed E-state index contributed by atoms with van der Waals surface area (Å²) in [4.78, 5) is 4.67. The van der Waals surface area contributed by atoms with Crippen LogP contribution < -0.4 is 5.32 Å². The first kappa shape index (κ1) is 16.4. The molecule has 0 bridgehead atoms. The van der Waals surface area contributed by atoms with Crippen molar-refractivity contribution in [2.45, 2.75) is 25.9 Å². The minimum atomic E-state index is -3.08. The Morgan fingerprint density at radius 2 is 2.04 bits per heavy atom. The second-order valence-electron chi connectivity index (χ2n) is 6.37. The lowest BCUT2D eigenvalue weighted by atomic mass is 9.95. The molecular weight excluding hydrogens is 310 g/mol. The van der Waals surface area contributed by atoms with Gasteiger partial charge in [-0.1, -0.05) is 31.2 Å². The molecule has 5 nitrogen and oxygen atoms in total. The molecular formula is C17H23N3O2S. The second-order valence-corrected chi connectivity index (χ2v) is 8.35. The summed E-state index contributed by atoms with van der Waals surface area (Å²) in [5.74, 6) is 0.291. The van der Waals surface area contributed by atoms with E-state index < -0.39 is 10.0 Å². The van der Waals surface area contributed by atoms with Crippen LogP contribution in [0.15, 0.2) is 36.4 Å². The Hall–Kier alpha value is -1.50. The van der Waals surface area contributed by atoms with Crippen molar-refractivity contribution < 1.29 is 8.42 Å². The van der Waals surface area contributed by atoms with Gasteiger partial charge in [0, 0.05) is 31.1 Å². The molecule has 2 atom stereocenters. The highest BCUT2D eigenvalue weighted by Gasteiger charge is 2.30. The number of rotatable bonds is 4. The van der Waals surface area contributed by atoms with Gasteiger partial charge in [-0.05, 0) is 24.5 Å². The van der Waals surface area contributed by atoms with Gasteiger partial charge in [0.25, 0.3) is 0 Å². The standard InChI is InChI=1S/C17H23N3O2S/c1-13-12-20(23(2,21)22)10-9-16(13)18-11-15-8-7-14-5-3-4-6-17(14)19-15/h3-8,13,16,18H,9-12H2,1-2H3/t13-,16-/m1/s1. The van der Waals surface area contributed by atoms with Crippen LogP contribution in [0, 0.1) is 5.92 Å². The van der Waals surface area contributed by atoms with Crippen LogP contribution >= 0.6 is 0 Å². The normalized spacial score (nSPS) is 23.2. The van der Waals surface area contributed by atoms with E-state index in [4.69, 9.17) is 0 Å². The molecule has 0 radical (unpaired) electrons. The first-order chi connectivity index (χ1) is 10.9. The zero-order valence-corrected chi connectivity index (χ0v) is 14.4. The van der Waals surface area contributed by atoms with E-state index in [9.17, 15) is 8.42 Å². The summed E-state index contributed by atoms with van der Waals surface area (Å²) in [6.45, 7) is 3.98. The molecule has 1 saturated heterocycles. The van der Waals surface area contributed by atoms with Gasteiger partial charge in [-0.25, -0.2) is 12.7 Å². The Balaban J connectivity index is 1.61. The van der Waals surface area contributed by atoms with Crippen molar-refractivity contribution in [3.63, 3.8) is 0 Å². The number of para-hydroxylation sites is 1. The Bertz CT molecular complexity index is 791. The Morgan fingerprint density at radius 3 is 2.78 bits per heavy atom. The summed E-state index contributed by atoms with van der Waals surface area (Å²) >= 11 is 0. The van der Waals surface area contributed by atoms with E-state index in [0.29, 0.717) is 31.6 Å².